The van der Waals surface area contributed by atoms with Crippen molar-refractivity contribution in [2.75, 3.05) is 0 Å². The van der Waals surface area contributed by atoms with E-state index >= 15 is 0 Å². The monoisotopic (exact) mass is 233 g/mol. The fourth-order valence-corrected chi connectivity index (χ4v) is 1.77. The molecule has 0 aliphatic heterocycles. The van der Waals surface area contributed by atoms with E-state index < -0.39 is 0 Å². The number of pyridine rings is 1. The highest BCUT2D eigenvalue weighted by Crippen LogP contribution is 2.04. The van der Waals surface area contributed by atoms with Gasteiger partial charge in [0.25, 0.3) is 5.56 Å². The number of aromatic nitrogens is 3. The summed E-state index contributed by atoms with van der Waals surface area (Å²) in [6, 6.07) is 5.64. The van der Waals surface area contributed by atoms with E-state index in [4.69, 9.17) is 12.2 Å². The number of hydrogen-bond acceptors (Lipinski definition) is 3. The van der Waals surface area contributed by atoms with Gasteiger partial charge in [0.05, 0.1) is 0 Å². The zero-order chi connectivity index (χ0) is 11.5. The van der Waals surface area contributed by atoms with Crippen molar-refractivity contribution in [2.24, 2.45) is 0 Å². The largest absolute Gasteiger partial charge is 0.336 e. The molecular formula is C11H11N3OS. The Kier molecular flexibility index (Phi) is 2.96. The summed E-state index contributed by atoms with van der Waals surface area (Å²) >= 11 is 4.88. The van der Waals surface area contributed by atoms with Crippen molar-refractivity contribution < 1.29 is 0 Å². The van der Waals surface area contributed by atoms with E-state index in [0.717, 1.165) is 11.4 Å². The summed E-state index contributed by atoms with van der Waals surface area (Å²) < 4.78 is 0.354. The molecule has 0 amide bonds. The second-order valence-electron chi connectivity index (χ2n) is 3.51. The molecule has 0 spiro atoms. The minimum absolute atomic E-state index is 0.146. The van der Waals surface area contributed by atoms with Crippen LogP contribution in [0.1, 0.15) is 17.0 Å². The first-order valence-corrected chi connectivity index (χ1v) is 5.29. The van der Waals surface area contributed by atoms with Crippen LogP contribution in [0.4, 0.5) is 0 Å². The number of nitrogens with one attached hydrogen (secondary N) is 2. The lowest BCUT2D eigenvalue weighted by Crippen LogP contribution is -2.17. The molecule has 0 aromatic carbocycles. The molecule has 0 saturated heterocycles. The number of aryl methyl sites for hydroxylation is 1. The van der Waals surface area contributed by atoms with Crippen LogP contribution in [-0.2, 0) is 6.42 Å². The number of hydrogen-bond donors (Lipinski definition) is 2. The molecule has 0 aliphatic rings. The van der Waals surface area contributed by atoms with Crippen LogP contribution in [0.5, 0.6) is 0 Å². The summed E-state index contributed by atoms with van der Waals surface area (Å²) in [7, 11) is 0. The molecule has 0 bridgehead atoms. The third kappa shape index (κ3) is 2.25. The molecular weight excluding hydrogens is 222 g/mol. The summed E-state index contributed by atoms with van der Waals surface area (Å²) in [6.07, 6.45) is 2.22. The van der Waals surface area contributed by atoms with Gasteiger partial charge in [-0.1, -0.05) is 6.07 Å². The molecule has 2 rings (SSSR count). The Morgan fingerprint density at radius 1 is 1.38 bits per heavy atom. The molecule has 0 atom stereocenters. The zero-order valence-electron chi connectivity index (χ0n) is 8.78. The van der Waals surface area contributed by atoms with Crippen LogP contribution in [0.3, 0.4) is 0 Å². The van der Waals surface area contributed by atoms with Gasteiger partial charge in [-0.25, -0.2) is 0 Å². The molecule has 0 aliphatic carbocycles. The lowest BCUT2D eigenvalue weighted by molar-refractivity contribution is 0.943. The summed E-state index contributed by atoms with van der Waals surface area (Å²) in [5, 5.41) is 0. The van der Waals surface area contributed by atoms with Gasteiger partial charge in [-0.2, -0.15) is 0 Å². The predicted octanol–water partition coefficient (Wildman–Crippen LogP) is 1.73. The number of aromatic amines is 2. The van der Waals surface area contributed by atoms with Gasteiger partial charge in [0.1, 0.15) is 0 Å². The fraction of sp³-hybridized carbons (Fsp3) is 0.182. The van der Waals surface area contributed by atoms with Gasteiger partial charge in [0, 0.05) is 29.6 Å². The molecule has 0 fully saturated rings. The number of rotatable bonds is 2. The molecule has 0 radical (unpaired) electrons. The van der Waals surface area contributed by atoms with Gasteiger partial charge < -0.3 is 4.98 Å². The van der Waals surface area contributed by atoms with Crippen molar-refractivity contribution in [1.82, 2.24) is 15.0 Å². The van der Waals surface area contributed by atoms with Crippen LogP contribution in [0.2, 0.25) is 0 Å². The second-order valence-corrected chi connectivity index (χ2v) is 3.92. The van der Waals surface area contributed by atoms with E-state index in [1.807, 2.05) is 25.1 Å². The highest BCUT2D eigenvalue weighted by Gasteiger charge is 2.06. The second kappa shape index (κ2) is 4.40. The molecule has 2 heterocycles. The normalized spacial score (nSPS) is 10.3. The number of H-pyrrole nitrogens is 2. The highest BCUT2D eigenvalue weighted by atomic mass is 32.1. The summed E-state index contributed by atoms with van der Waals surface area (Å²) in [5.74, 6) is 0. The van der Waals surface area contributed by atoms with Gasteiger partial charge in [-0.15, -0.1) is 0 Å². The van der Waals surface area contributed by atoms with Crippen LogP contribution >= 0.6 is 12.2 Å². The maximum atomic E-state index is 11.7. The zero-order valence-corrected chi connectivity index (χ0v) is 9.60. The quantitative estimate of drug-likeness (QED) is 0.776. The Balaban J connectivity index is 2.43. The summed E-state index contributed by atoms with van der Waals surface area (Å²) in [4.78, 5) is 21.4. The molecule has 0 unspecified atom stereocenters. The Bertz CT molecular complexity index is 601. The van der Waals surface area contributed by atoms with E-state index in [-0.39, 0.29) is 5.56 Å². The van der Waals surface area contributed by atoms with E-state index in [1.54, 1.807) is 6.20 Å². The first-order valence-electron chi connectivity index (χ1n) is 4.89. The first-order chi connectivity index (χ1) is 7.66. The Morgan fingerprint density at radius 2 is 2.19 bits per heavy atom. The first kappa shape index (κ1) is 10.8. The molecule has 2 aromatic rings. The summed E-state index contributed by atoms with van der Waals surface area (Å²) in [5.41, 5.74) is 2.18. The smallest absolute Gasteiger partial charge is 0.255 e. The molecule has 16 heavy (non-hydrogen) atoms. The van der Waals surface area contributed by atoms with Crippen molar-refractivity contribution in [3.05, 3.63) is 56.5 Å². The molecule has 2 aromatic heterocycles. The Hall–Kier alpha value is -1.75. The predicted molar refractivity (Wildman–Crippen MR) is 64.0 cm³/mol. The Morgan fingerprint density at radius 3 is 2.81 bits per heavy atom. The van der Waals surface area contributed by atoms with Crippen LogP contribution in [-0.4, -0.2) is 15.0 Å². The molecule has 0 saturated carbocycles. The van der Waals surface area contributed by atoms with Gasteiger partial charge >= 0.3 is 0 Å². The van der Waals surface area contributed by atoms with Gasteiger partial charge in [0.2, 0.25) is 0 Å². The van der Waals surface area contributed by atoms with Crippen LogP contribution in [0.25, 0.3) is 0 Å². The number of nitrogens with zero attached hydrogens (tertiary/aromatic N) is 1. The minimum Gasteiger partial charge on any atom is -0.336 e. The summed E-state index contributed by atoms with van der Waals surface area (Å²) in [6.45, 7) is 1.84. The molecule has 2 N–H and O–H groups in total. The lowest BCUT2D eigenvalue weighted by atomic mass is 10.1. The van der Waals surface area contributed by atoms with E-state index in [2.05, 4.69) is 15.0 Å². The van der Waals surface area contributed by atoms with Crippen molar-refractivity contribution >= 4 is 12.2 Å². The third-order valence-electron chi connectivity index (χ3n) is 2.34. The fourth-order valence-electron chi connectivity index (χ4n) is 1.52. The lowest BCUT2D eigenvalue weighted by Gasteiger charge is -2.03. The van der Waals surface area contributed by atoms with Crippen molar-refractivity contribution in [3.63, 3.8) is 0 Å². The standard InChI is InChI=1S/C11H11N3OS/c1-7-9(10(15)14-11(16)13-7)6-8-4-2-3-5-12-8/h2-5H,6H2,1H3,(H2,13,14,15,16). The van der Waals surface area contributed by atoms with Crippen LogP contribution < -0.4 is 5.56 Å². The van der Waals surface area contributed by atoms with Gasteiger partial charge in [-0.05, 0) is 31.3 Å². The van der Waals surface area contributed by atoms with Crippen LogP contribution in [0.15, 0.2) is 29.2 Å². The van der Waals surface area contributed by atoms with E-state index in [0.29, 0.717) is 16.8 Å². The van der Waals surface area contributed by atoms with Crippen molar-refractivity contribution in [1.29, 1.82) is 0 Å². The minimum atomic E-state index is -0.146. The van der Waals surface area contributed by atoms with Crippen molar-refractivity contribution in [2.45, 2.75) is 13.3 Å². The SMILES string of the molecule is Cc1[nH]c(=S)[nH]c(=O)c1Cc1ccccn1. The molecule has 82 valence electrons. The average molecular weight is 233 g/mol. The molecule has 5 heteroatoms. The van der Waals surface area contributed by atoms with E-state index in [1.165, 1.54) is 0 Å². The Labute approximate surface area is 97.4 Å². The maximum absolute atomic E-state index is 11.7. The van der Waals surface area contributed by atoms with Gasteiger partial charge in [-0.3, -0.25) is 14.8 Å². The van der Waals surface area contributed by atoms with E-state index in [9.17, 15) is 4.79 Å². The van der Waals surface area contributed by atoms with Gasteiger partial charge in [0.15, 0.2) is 4.77 Å². The molecule has 4 nitrogen and oxygen atoms in total. The topological polar surface area (TPSA) is 61.5 Å². The van der Waals surface area contributed by atoms with Crippen molar-refractivity contribution in [3.8, 4) is 0 Å². The highest BCUT2D eigenvalue weighted by molar-refractivity contribution is 7.71. The average Bonchev–Trinajstić information content (AvgIpc) is 2.25. The van der Waals surface area contributed by atoms with Crippen LogP contribution in [0, 0.1) is 11.7 Å². The maximum Gasteiger partial charge on any atom is 0.255 e. The third-order valence-corrected chi connectivity index (χ3v) is 2.54.